The van der Waals surface area contributed by atoms with Gasteiger partial charge in [-0.1, -0.05) is 0 Å². The van der Waals surface area contributed by atoms with Crippen LogP contribution in [0.15, 0.2) is 24.3 Å². The minimum absolute atomic E-state index is 0. The molecule has 1 unspecified atom stereocenters. The van der Waals surface area contributed by atoms with Crippen molar-refractivity contribution in [3.8, 4) is 0 Å². The third kappa shape index (κ3) is 2.97. The van der Waals surface area contributed by atoms with Gasteiger partial charge in [0.15, 0.2) is 0 Å². The molecule has 100 valence electrons. The molecule has 1 aromatic carbocycles. The molecule has 0 aromatic heterocycles. The van der Waals surface area contributed by atoms with Gasteiger partial charge in [0.2, 0.25) is 0 Å². The van der Waals surface area contributed by atoms with Crippen molar-refractivity contribution in [3.63, 3.8) is 0 Å². The molecule has 10 heteroatoms. The van der Waals surface area contributed by atoms with Gasteiger partial charge in [-0.3, -0.25) is 10.1 Å². The second kappa shape index (κ2) is 5.72. The van der Waals surface area contributed by atoms with Crippen LogP contribution in [-0.4, -0.2) is 34.8 Å². The first kappa shape index (κ1) is 17.0. The summed E-state index contributed by atoms with van der Waals surface area (Å²) in [4.78, 5) is 9.14. The maximum Gasteiger partial charge on any atom is 1.00 e. The van der Waals surface area contributed by atoms with Crippen LogP contribution in [0.1, 0.15) is 11.1 Å². The summed E-state index contributed by atoms with van der Waals surface area (Å²) in [6.45, 7) is 0. The summed E-state index contributed by atoms with van der Waals surface area (Å²) in [7, 11) is -4.91. The van der Waals surface area contributed by atoms with Crippen LogP contribution in [0, 0.1) is 15.5 Å². The molecule has 1 aliphatic carbocycles. The predicted molar refractivity (Wildman–Crippen MR) is 63.6 cm³/mol. The van der Waals surface area contributed by atoms with Crippen molar-refractivity contribution >= 4 is 26.4 Å². The fourth-order valence-corrected chi connectivity index (χ4v) is 2.51. The van der Waals surface area contributed by atoms with Crippen LogP contribution in [0.2, 0.25) is 0 Å². The van der Waals surface area contributed by atoms with Crippen LogP contribution in [0.3, 0.4) is 0 Å². The molecule has 2 rings (SSSR count). The van der Waals surface area contributed by atoms with Crippen molar-refractivity contribution in [1.82, 2.24) is 0 Å². The maximum atomic E-state index is 11.1. The molecule has 1 aliphatic rings. The Morgan fingerprint density at radius 1 is 1.30 bits per heavy atom. The van der Waals surface area contributed by atoms with E-state index in [1.54, 1.807) is 0 Å². The summed E-state index contributed by atoms with van der Waals surface area (Å²) in [6, 6.07) is 3.11. The number of aliphatic hydroxyl groups excluding tert-OH is 1. The fourth-order valence-electron chi connectivity index (χ4n) is 1.78. The molecule has 1 atom stereocenters. The Morgan fingerprint density at radius 3 is 2.40 bits per heavy atom. The number of hydrogen-bond acceptors (Lipinski definition) is 7. The number of non-ortho nitro benzene ring substituents is 1. The van der Waals surface area contributed by atoms with E-state index in [1.807, 2.05) is 0 Å². The van der Waals surface area contributed by atoms with Crippen LogP contribution in [0.4, 0.5) is 5.69 Å². The van der Waals surface area contributed by atoms with Gasteiger partial charge in [-0.05, 0) is 12.1 Å². The van der Waals surface area contributed by atoms with Crippen molar-refractivity contribution in [2.75, 3.05) is 0 Å². The van der Waals surface area contributed by atoms with Crippen molar-refractivity contribution in [1.29, 1.82) is 5.41 Å². The molecule has 0 radical (unpaired) electrons. The molecular formula is C10H7N2NaO6S. The number of aliphatic hydroxyl groups is 1. The quantitative estimate of drug-likeness (QED) is 0.262. The van der Waals surface area contributed by atoms with Crippen LogP contribution in [0.25, 0.3) is 4.91 Å². The summed E-state index contributed by atoms with van der Waals surface area (Å²) < 4.78 is 33.3. The summed E-state index contributed by atoms with van der Waals surface area (Å²) >= 11 is 0. The van der Waals surface area contributed by atoms with Crippen molar-refractivity contribution < 1.29 is 52.6 Å². The first-order valence-electron chi connectivity index (χ1n) is 4.95. The summed E-state index contributed by atoms with van der Waals surface area (Å²) in [5.74, 6) is 0. The van der Waals surface area contributed by atoms with Gasteiger partial charge in [0, 0.05) is 23.3 Å². The first-order valence-corrected chi connectivity index (χ1v) is 6.36. The van der Waals surface area contributed by atoms with Crippen LogP contribution in [-0.2, 0) is 10.1 Å². The number of nitrogens with one attached hydrogen (secondary N) is 1. The molecule has 0 fully saturated rings. The van der Waals surface area contributed by atoms with Crippen LogP contribution in [0.5, 0.6) is 0 Å². The van der Waals surface area contributed by atoms with Gasteiger partial charge in [0.25, 0.3) is 5.69 Å². The molecule has 0 heterocycles. The standard InChI is InChI=1S/C10H8N2O6S.Na/c11-10-6-2-1-5(12(14)15)3-7(6)9(4-8(10)13)19(16,17)18;/h1-4,8,11,13H,(H,16,17,18);/q;+1/p-1. The molecular weight excluding hydrogens is 299 g/mol. The molecule has 0 amide bonds. The normalized spacial score (nSPS) is 17.8. The van der Waals surface area contributed by atoms with Gasteiger partial charge >= 0.3 is 29.6 Å². The topological polar surface area (TPSA) is 144 Å². The Balaban J connectivity index is 0.00000200. The number of nitro benzene ring substituents is 1. The Bertz CT molecular complexity index is 727. The van der Waals surface area contributed by atoms with Gasteiger partial charge in [-0.25, -0.2) is 8.42 Å². The van der Waals surface area contributed by atoms with E-state index < -0.39 is 31.7 Å². The number of nitro groups is 1. The molecule has 0 saturated carbocycles. The summed E-state index contributed by atoms with van der Waals surface area (Å²) in [5.41, 5.74) is -0.982. The molecule has 0 bridgehead atoms. The average Bonchev–Trinajstić information content (AvgIpc) is 2.31. The zero-order valence-electron chi connectivity index (χ0n) is 10.2. The number of fused-ring (bicyclic) bond motifs is 1. The van der Waals surface area contributed by atoms with Gasteiger partial charge < -0.3 is 15.1 Å². The Kier molecular flexibility index (Phi) is 4.85. The van der Waals surface area contributed by atoms with E-state index in [1.165, 1.54) is 0 Å². The zero-order valence-corrected chi connectivity index (χ0v) is 13.0. The fraction of sp³-hybridized carbons (Fsp3) is 0.100. The van der Waals surface area contributed by atoms with Gasteiger partial charge in [-0.15, -0.1) is 0 Å². The molecule has 2 N–H and O–H groups in total. The van der Waals surface area contributed by atoms with Crippen molar-refractivity contribution in [2.45, 2.75) is 6.10 Å². The minimum atomic E-state index is -4.91. The number of hydrogen-bond donors (Lipinski definition) is 2. The summed E-state index contributed by atoms with van der Waals surface area (Å²) in [6.07, 6.45) is -0.829. The molecule has 0 spiro atoms. The van der Waals surface area contributed by atoms with Gasteiger partial charge in [-0.2, -0.15) is 0 Å². The third-order valence-electron chi connectivity index (χ3n) is 2.64. The largest absolute Gasteiger partial charge is 1.00 e. The van der Waals surface area contributed by atoms with Crippen LogP contribution >= 0.6 is 0 Å². The third-order valence-corrected chi connectivity index (χ3v) is 3.54. The van der Waals surface area contributed by atoms with E-state index in [4.69, 9.17) is 5.41 Å². The summed E-state index contributed by atoms with van der Waals surface area (Å²) in [5, 5.41) is 27.7. The van der Waals surface area contributed by atoms with E-state index in [9.17, 15) is 28.2 Å². The number of nitrogens with zero attached hydrogens (tertiary/aromatic N) is 1. The van der Waals surface area contributed by atoms with E-state index in [0.717, 1.165) is 18.2 Å². The van der Waals surface area contributed by atoms with E-state index in [-0.39, 0.29) is 46.4 Å². The minimum Gasteiger partial charge on any atom is -0.744 e. The SMILES string of the molecule is N=C1c2ccc([N+](=O)[O-])cc2C(S(=O)(=O)[O-])=CC1O.[Na+]. The number of rotatable bonds is 2. The Labute approximate surface area is 135 Å². The zero-order chi connectivity index (χ0) is 14.4. The number of benzene rings is 1. The molecule has 0 saturated heterocycles. The Hall–Kier alpha value is -1.10. The molecule has 20 heavy (non-hydrogen) atoms. The van der Waals surface area contributed by atoms with Crippen molar-refractivity contribution in [3.05, 3.63) is 45.5 Å². The second-order valence-corrected chi connectivity index (χ2v) is 5.18. The smallest absolute Gasteiger partial charge is 0.744 e. The van der Waals surface area contributed by atoms with Gasteiger partial charge in [0.05, 0.1) is 15.5 Å². The molecule has 1 aromatic rings. The van der Waals surface area contributed by atoms with E-state index in [2.05, 4.69) is 0 Å². The van der Waals surface area contributed by atoms with Gasteiger partial charge in [0.1, 0.15) is 16.2 Å². The first-order chi connectivity index (χ1) is 8.71. The van der Waals surface area contributed by atoms with Crippen molar-refractivity contribution in [2.24, 2.45) is 0 Å². The monoisotopic (exact) mass is 306 g/mol. The van der Waals surface area contributed by atoms with Crippen LogP contribution < -0.4 is 29.6 Å². The average molecular weight is 306 g/mol. The maximum absolute atomic E-state index is 11.1. The molecule has 0 aliphatic heterocycles. The predicted octanol–water partition coefficient (Wildman–Crippen LogP) is -2.77. The second-order valence-electron chi connectivity index (χ2n) is 3.83. The van der Waals surface area contributed by atoms with E-state index >= 15 is 0 Å². The Morgan fingerprint density at radius 2 is 1.90 bits per heavy atom. The van der Waals surface area contributed by atoms with E-state index in [0.29, 0.717) is 6.08 Å². The molecule has 8 nitrogen and oxygen atoms in total.